The van der Waals surface area contributed by atoms with Crippen molar-refractivity contribution in [3.63, 3.8) is 0 Å². The van der Waals surface area contributed by atoms with Crippen LogP contribution >= 0.6 is 0 Å². The molecule has 0 bridgehead atoms. The van der Waals surface area contributed by atoms with Crippen LogP contribution < -0.4 is 5.73 Å². The van der Waals surface area contributed by atoms with Gasteiger partial charge in [-0.25, -0.2) is 0 Å². The molecular formula is C10H23NO2. The van der Waals surface area contributed by atoms with E-state index in [2.05, 4.69) is 6.92 Å². The second-order valence-corrected chi connectivity index (χ2v) is 3.44. The molecule has 3 heteroatoms. The Morgan fingerprint density at radius 1 is 1.46 bits per heavy atom. The summed E-state index contributed by atoms with van der Waals surface area (Å²) >= 11 is 0. The van der Waals surface area contributed by atoms with Crippen molar-refractivity contribution in [1.82, 2.24) is 0 Å². The largest absolute Gasteiger partial charge is 0.348 e. The Kier molecular flexibility index (Phi) is 5.53. The third-order valence-corrected chi connectivity index (χ3v) is 1.98. The van der Waals surface area contributed by atoms with Crippen LogP contribution in [0.4, 0.5) is 0 Å². The van der Waals surface area contributed by atoms with E-state index in [4.69, 9.17) is 15.2 Å². The third kappa shape index (κ3) is 4.07. The van der Waals surface area contributed by atoms with Crippen molar-refractivity contribution in [2.45, 2.75) is 59.0 Å². The number of rotatable bonds is 2. The van der Waals surface area contributed by atoms with Gasteiger partial charge in [0.05, 0.1) is 12.7 Å². The molecule has 1 aliphatic rings. The molecule has 2 unspecified atom stereocenters. The lowest BCUT2D eigenvalue weighted by atomic mass is 10.1. The Bertz CT molecular complexity index is 137. The van der Waals surface area contributed by atoms with Gasteiger partial charge in [-0.05, 0) is 20.3 Å². The van der Waals surface area contributed by atoms with Crippen LogP contribution in [0, 0.1) is 0 Å². The van der Waals surface area contributed by atoms with E-state index in [0.29, 0.717) is 6.61 Å². The van der Waals surface area contributed by atoms with Crippen molar-refractivity contribution in [2.24, 2.45) is 5.73 Å². The van der Waals surface area contributed by atoms with Crippen LogP contribution in [0.3, 0.4) is 0 Å². The zero-order valence-corrected chi connectivity index (χ0v) is 9.46. The van der Waals surface area contributed by atoms with E-state index in [1.165, 1.54) is 0 Å². The van der Waals surface area contributed by atoms with Crippen molar-refractivity contribution in [3.05, 3.63) is 0 Å². The summed E-state index contributed by atoms with van der Waals surface area (Å²) in [6.07, 6.45) is 1.01. The summed E-state index contributed by atoms with van der Waals surface area (Å²) in [4.78, 5) is 0. The summed E-state index contributed by atoms with van der Waals surface area (Å²) in [7, 11) is 0. The van der Waals surface area contributed by atoms with Crippen molar-refractivity contribution in [1.29, 1.82) is 0 Å². The second kappa shape index (κ2) is 5.58. The third-order valence-electron chi connectivity index (χ3n) is 1.98. The van der Waals surface area contributed by atoms with E-state index in [1.54, 1.807) is 0 Å². The fourth-order valence-corrected chi connectivity index (χ4v) is 1.19. The van der Waals surface area contributed by atoms with Crippen LogP contribution in [0.2, 0.25) is 0 Å². The molecule has 2 atom stereocenters. The molecule has 1 rings (SSSR count). The van der Waals surface area contributed by atoms with E-state index >= 15 is 0 Å². The molecule has 1 fully saturated rings. The van der Waals surface area contributed by atoms with E-state index in [-0.39, 0.29) is 12.1 Å². The number of hydrogen-bond donors (Lipinski definition) is 1. The summed E-state index contributed by atoms with van der Waals surface area (Å²) in [5, 5.41) is 0. The number of hydrogen-bond acceptors (Lipinski definition) is 3. The Morgan fingerprint density at radius 3 is 2.31 bits per heavy atom. The van der Waals surface area contributed by atoms with Crippen molar-refractivity contribution < 1.29 is 9.47 Å². The summed E-state index contributed by atoms with van der Waals surface area (Å²) in [5.74, 6) is -0.433. The molecule has 0 spiro atoms. The first kappa shape index (κ1) is 12.9. The second-order valence-electron chi connectivity index (χ2n) is 3.44. The molecule has 1 aliphatic heterocycles. The van der Waals surface area contributed by atoms with Gasteiger partial charge in [-0.2, -0.15) is 0 Å². The van der Waals surface area contributed by atoms with Crippen LogP contribution in [0.1, 0.15) is 41.0 Å². The van der Waals surface area contributed by atoms with E-state index in [9.17, 15) is 0 Å². The summed E-state index contributed by atoms with van der Waals surface area (Å²) in [6.45, 7) is 10.5. The van der Waals surface area contributed by atoms with Gasteiger partial charge in [0, 0.05) is 6.04 Å². The van der Waals surface area contributed by atoms with Crippen LogP contribution in [-0.2, 0) is 9.47 Å². The molecule has 0 aliphatic carbocycles. The van der Waals surface area contributed by atoms with E-state index in [0.717, 1.165) is 6.42 Å². The highest BCUT2D eigenvalue weighted by Crippen LogP contribution is 2.24. The van der Waals surface area contributed by atoms with Gasteiger partial charge in [-0.15, -0.1) is 0 Å². The maximum Gasteiger partial charge on any atom is 0.163 e. The molecule has 0 radical (unpaired) electrons. The Hall–Kier alpha value is -0.120. The van der Waals surface area contributed by atoms with Gasteiger partial charge in [0.15, 0.2) is 5.79 Å². The molecule has 0 aromatic heterocycles. The van der Waals surface area contributed by atoms with E-state index in [1.807, 2.05) is 27.7 Å². The molecule has 0 aromatic carbocycles. The summed E-state index contributed by atoms with van der Waals surface area (Å²) < 4.78 is 10.9. The average molecular weight is 189 g/mol. The van der Waals surface area contributed by atoms with Crippen LogP contribution in [-0.4, -0.2) is 24.5 Å². The minimum atomic E-state index is -0.433. The van der Waals surface area contributed by atoms with Crippen molar-refractivity contribution in [2.75, 3.05) is 6.61 Å². The minimum Gasteiger partial charge on any atom is -0.348 e. The molecular weight excluding hydrogens is 166 g/mol. The molecule has 0 aromatic rings. The van der Waals surface area contributed by atoms with Gasteiger partial charge in [0.1, 0.15) is 0 Å². The maximum absolute atomic E-state index is 5.79. The predicted octanol–water partition coefficient (Wildman–Crippen LogP) is 1.90. The van der Waals surface area contributed by atoms with Gasteiger partial charge in [-0.3, -0.25) is 0 Å². The van der Waals surface area contributed by atoms with Crippen LogP contribution in [0.15, 0.2) is 0 Å². The minimum absolute atomic E-state index is 0.0787. The molecule has 80 valence electrons. The topological polar surface area (TPSA) is 44.5 Å². The molecule has 0 saturated carbocycles. The standard InChI is InChI=1S/C8H17NO2.C2H6/c1-4-6(9)7-5-10-8(2,3)11-7;1-2/h6-7H,4-5,9H2,1-3H3;1-2H3. The zero-order valence-electron chi connectivity index (χ0n) is 9.46. The van der Waals surface area contributed by atoms with Crippen molar-refractivity contribution >= 4 is 0 Å². The summed E-state index contributed by atoms with van der Waals surface area (Å²) in [6, 6.07) is 0.108. The molecule has 1 heterocycles. The Labute approximate surface area is 81.6 Å². The lowest BCUT2D eigenvalue weighted by Gasteiger charge is -2.19. The van der Waals surface area contributed by atoms with E-state index < -0.39 is 5.79 Å². The first-order valence-electron chi connectivity index (χ1n) is 5.12. The first-order valence-corrected chi connectivity index (χ1v) is 5.12. The first-order chi connectivity index (χ1) is 6.05. The van der Waals surface area contributed by atoms with Crippen LogP contribution in [0.25, 0.3) is 0 Å². The molecule has 3 nitrogen and oxygen atoms in total. The summed E-state index contributed by atoms with van der Waals surface area (Å²) in [5.41, 5.74) is 5.79. The highest BCUT2D eigenvalue weighted by atomic mass is 16.7. The van der Waals surface area contributed by atoms with Crippen molar-refractivity contribution in [3.8, 4) is 0 Å². The average Bonchev–Trinajstić information content (AvgIpc) is 2.48. The lowest BCUT2D eigenvalue weighted by Crippen LogP contribution is -2.36. The molecule has 1 saturated heterocycles. The highest BCUT2D eigenvalue weighted by Gasteiger charge is 2.35. The van der Waals surface area contributed by atoms with Gasteiger partial charge < -0.3 is 15.2 Å². The quantitative estimate of drug-likeness (QED) is 0.721. The van der Waals surface area contributed by atoms with Gasteiger partial charge in [-0.1, -0.05) is 20.8 Å². The smallest absolute Gasteiger partial charge is 0.163 e. The normalized spacial score (nSPS) is 27.7. The van der Waals surface area contributed by atoms with Crippen LogP contribution in [0.5, 0.6) is 0 Å². The molecule has 13 heavy (non-hydrogen) atoms. The SMILES string of the molecule is CC.CCC(N)C1COC(C)(C)O1. The Balaban J connectivity index is 0.000000671. The zero-order chi connectivity index (χ0) is 10.5. The number of ether oxygens (including phenoxy) is 2. The Morgan fingerprint density at radius 2 is 2.00 bits per heavy atom. The lowest BCUT2D eigenvalue weighted by molar-refractivity contribution is -0.140. The van der Waals surface area contributed by atoms with Gasteiger partial charge in [0.25, 0.3) is 0 Å². The fourth-order valence-electron chi connectivity index (χ4n) is 1.19. The highest BCUT2D eigenvalue weighted by molar-refractivity contribution is 4.79. The fraction of sp³-hybridized carbons (Fsp3) is 1.00. The number of nitrogens with two attached hydrogens (primary N) is 1. The van der Waals surface area contributed by atoms with Gasteiger partial charge in [0.2, 0.25) is 0 Å². The molecule has 0 amide bonds. The monoisotopic (exact) mass is 189 g/mol. The predicted molar refractivity (Wildman–Crippen MR) is 54.5 cm³/mol. The molecule has 2 N–H and O–H groups in total. The maximum atomic E-state index is 5.79. The van der Waals surface area contributed by atoms with Gasteiger partial charge >= 0.3 is 0 Å².